The van der Waals surface area contributed by atoms with Crippen molar-refractivity contribution in [1.29, 1.82) is 0 Å². The van der Waals surface area contributed by atoms with Crippen LogP contribution in [0.4, 0.5) is 0 Å². The van der Waals surface area contributed by atoms with Gasteiger partial charge in [0.05, 0.1) is 0 Å². The zero-order valence-corrected chi connectivity index (χ0v) is 13.4. The summed E-state index contributed by atoms with van der Waals surface area (Å²) in [4.78, 5) is 19.3. The molecule has 0 N–H and O–H groups in total. The van der Waals surface area contributed by atoms with Crippen LogP contribution in [0.1, 0.15) is 38.5 Å². The molecule has 0 aliphatic carbocycles. The zero-order valence-electron chi connectivity index (χ0n) is 13.4. The third-order valence-electron chi connectivity index (χ3n) is 5.44. The zero-order chi connectivity index (χ0) is 15.6. The summed E-state index contributed by atoms with van der Waals surface area (Å²) in [5.74, 6) is 1.22. The van der Waals surface area contributed by atoms with E-state index in [0.29, 0.717) is 23.9 Å². The monoisotopic (exact) mass is 316 g/mol. The van der Waals surface area contributed by atoms with E-state index in [1.807, 2.05) is 18.2 Å². The van der Waals surface area contributed by atoms with Crippen molar-refractivity contribution in [2.45, 2.75) is 56.7 Å². The van der Waals surface area contributed by atoms with E-state index in [0.717, 1.165) is 51.7 Å². The first-order valence-corrected chi connectivity index (χ1v) is 8.79. The highest BCUT2D eigenvalue weighted by Crippen LogP contribution is 2.38. The van der Waals surface area contributed by atoms with Crippen molar-refractivity contribution in [1.82, 2.24) is 9.88 Å². The molecule has 3 saturated heterocycles. The van der Waals surface area contributed by atoms with E-state index in [2.05, 4.69) is 9.88 Å². The number of carbonyl (C=O) groups is 1. The minimum atomic E-state index is 0.167. The molecule has 1 aromatic rings. The molecule has 0 aromatic carbocycles. The summed E-state index contributed by atoms with van der Waals surface area (Å²) in [7, 11) is 0. The second kappa shape index (κ2) is 6.48. The summed E-state index contributed by atoms with van der Waals surface area (Å²) in [5, 5.41) is 0. The molecule has 3 aliphatic heterocycles. The van der Waals surface area contributed by atoms with Gasteiger partial charge in [-0.05, 0) is 31.7 Å². The molecule has 1 aromatic heterocycles. The van der Waals surface area contributed by atoms with Crippen molar-refractivity contribution >= 4 is 5.91 Å². The van der Waals surface area contributed by atoms with Crippen molar-refractivity contribution in [2.24, 2.45) is 5.92 Å². The molecule has 2 unspecified atom stereocenters. The Kier molecular flexibility index (Phi) is 4.21. The molecule has 2 atom stereocenters. The van der Waals surface area contributed by atoms with E-state index in [-0.39, 0.29) is 12.0 Å². The third-order valence-corrected chi connectivity index (χ3v) is 5.44. The Morgan fingerprint density at radius 3 is 2.52 bits per heavy atom. The molecule has 2 bridgehead atoms. The number of rotatable bonds is 3. The van der Waals surface area contributed by atoms with Crippen LogP contribution in [-0.4, -0.2) is 47.2 Å². The smallest absolute Gasteiger partial charge is 0.226 e. The predicted octanol–water partition coefficient (Wildman–Crippen LogP) is 2.41. The van der Waals surface area contributed by atoms with Crippen LogP contribution in [0.5, 0.6) is 5.88 Å². The second-order valence-corrected chi connectivity index (χ2v) is 6.90. The van der Waals surface area contributed by atoms with Gasteiger partial charge < -0.3 is 14.4 Å². The maximum Gasteiger partial charge on any atom is 0.226 e. The number of hydrogen-bond acceptors (Lipinski definition) is 4. The quantitative estimate of drug-likeness (QED) is 0.859. The lowest BCUT2D eigenvalue weighted by atomic mass is 9.93. The number of nitrogens with zero attached hydrogens (tertiary/aromatic N) is 2. The van der Waals surface area contributed by atoms with Crippen molar-refractivity contribution < 1.29 is 14.3 Å². The van der Waals surface area contributed by atoms with Crippen molar-refractivity contribution in [2.75, 3.05) is 13.2 Å². The van der Waals surface area contributed by atoms with E-state index < -0.39 is 0 Å². The SMILES string of the molecule is O=C(C1CCOCC1)N1C2CCC1CC(Oc1ccccn1)C2. The molecular formula is C18H24N2O3. The van der Waals surface area contributed by atoms with Gasteiger partial charge in [-0.25, -0.2) is 4.98 Å². The van der Waals surface area contributed by atoms with E-state index in [4.69, 9.17) is 9.47 Å². The number of pyridine rings is 1. The summed E-state index contributed by atoms with van der Waals surface area (Å²) in [5.41, 5.74) is 0. The van der Waals surface area contributed by atoms with E-state index >= 15 is 0 Å². The normalized spacial score (nSPS) is 31.1. The minimum Gasteiger partial charge on any atom is -0.474 e. The van der Waals surface area contributed by atoms with E-state index in [1.54, 1.807) is 6.20 Å². The van der Waals surface area contributed by atoms with Gasteiger partial charge >= 0.3 is 0 Å². The first-order chi connectivity index (χ1) is 11.3. The Morgan fingerprint density at radius 2 is 1.87 bits per heavy atom. The van der Waals surface area contributed by atoms with Gasteiger partial charge in [0.2, 0.25) is 11.8 Å². The standard InChI is InChI=1S/C18H24N2O3/c21-18(13-6-9-22-10-7-13)20-14-4-5-15(20)12-16(11-14)23-17-3-1-2-8-19-17/h1-3,8,13-16H,4-7,9-12H2. The second-order valence-electron chi connectivity index (χ2n) is 6.90. The molecule has 1 amide bonds. The van der Waals surface area contributed by atoms with Gasteiger partial charge in [-0.2, -0.15) is 0 Å². The lowest BCUT2D eigenvalue weighted by molar-refractivity contribution is -0.144. The molecule has 3 fully saturated rings. The van der Waals surface area contributed by atoms with Gasteiger partial charge in [0.15, 0.2) is 0 Å². The van der Waals surface area contributed by atoms with Gasteiger partial charge in [0.1, 0.15) is 6.10 Å². The number of carbonyl (C=O) groups excluding carboxylic acids is 1. The van der Waals surface area contributed by atoms with E-state index in [9.17, 15) is 4.79 Å². The fourth-order valence-corrected chi connectivity index (χ4v) is 4.33. The van der Waals surface area contributed by atoms with Crippen LogP contribution in [-0.2, 0) is 9.53 Å². The Labute approximate surface area is 137 Å². The maximum absolute atomic E-state index is 12.9. The van der Waals surface area contributed by atoms with Crippen LogP contribution in [0, 0.1) is 5.92 Å². The van der Waals surface area contributed by atoms with Crippen molar-refractivity contribution in [3.05, 3.63) is 24.4 Å². The molecule has 0 saturated carbocycles. The van der Waals surface area contributed by atoms with Gasteiger partial charge in [-0.15, -0.1) is 0 Å². The highest BCUT2D eigenvalue weighted by Gasteiger charge is 2.45. The Balaban J connectivity index is 1.40. The minimum absolute atomic E-state index is 0.167. The van der Waals surface area contributed by atoms with Gasteiger partial charge in [-0.1, -0.05) is 6.07 Å². The highest BCUT2D eigenvalue weighted by molar-refractivity contribution is 5.80. The predicted molar refractivity (Wildman–Crippen MR) is 85.1 cm³/mol. The number of hydrogen-bond donors (Lipinski definition) is 0. The first-order valence-electron chi connectivity index (χ1n) is 8.79. The number of piperidine rings is 1. The fraction of sp³-hybridized carbons (Fsp3) is 0.667. The fourth-order valence-electron chi connectivity index (χ4n) is 4.33. The summed E-state index contributed by atoms with van der Waals surface area (Å²) in [6.07, 6.45) is 7.79. The third kappa shape index (κ3) is 3.07. The summed E-state index contributed by atoms with van der Waals surface area (Å²) >= 11 is 0. The first kappa shape index (κ1) is 14.9. The molecule has 0 spiro atoms. The number of amides is 1. The largest absolute Gasteiger partial charge is 0.474 e. The summed E-state index contributed by atoms with van der Waals surface area (Å²) < 4.78 is 11.4. The lowest BCUT2D eigenvalue weighted by Gasteiger charge is -2.41. The molecule has 4 rings (SSSR count). The topological polar surface area (TPSA) is 51.7 Å². The van der Waals surface area contributed by atoms with Crippen molar-refractivity contribution in [3.63, 3.8) is 0 Å². The molecule has 5 nitrogen and oxygen atoms in total. The van der Waals surface area contributed by atoms with Crippen LogP contribution in [0.3, 0.4) is 0 Å². The Morgan fingerprint density at radius 1 is 1.13 bits per heavy atom. The number of aromatic nitrogens is 1. The van der Waals surface area contributed by atoms with E-state index in [1.165, 1.54) is 0 Å². The van der Waals surface area contributed by atoms with Gasteiger partial charge in [0.25, 0.3) is 0 Å². The lowest BCUT2D eigenvalue weighted by Crippen LogP contribution is -2.51. The van der Waals surface area contributed by atoms with Gasteiger partial charge in [0, 0.05) is 56.3 Å². The number of fused-ring (bicyclic) bond motifs is 2. The van der Waals surface area contributed by atoms with Crippen LogP contribution in [0.2, 0.25) is 0 Å². The van der Waals surface area contributed by atoms with Crippen LogP contribution in [0.25, 0.3) is 0 Å². The average molecular weight is 316 g/mol. The van der Waals surface area contributed by atoms with Crippen LogP contribution in [0.15, 0.2) is 24.4 Å². The average Bonchev–Trinajstić information content (AvgIpc) is 2.87. The van der Waals surface area contributed by atoms with Gasteiger partial charge in [-0.3, -0.25) is 4.79 Å². The molecular weight excluding hydrogens is 292 g/mol. The highest BCUT2D eigenvalue weighted by atomic mass is 16.5. The molecule has 5 heteroatoms. The molecule has 0 radical (unpaired) electrons. The summed E-state index contributed by atoms with van der Waals surface area (Å²) in [6.45, 7) is 1.45. The molecule has 23 heavy (non-hydrogen) atoms. The maximum atomic E-state index is 12.9. The van der Waals surface area contributed by atoms with Crippen LogP contribution >= 0.6 is 0 Å². The number of ether oxygens (including phenoxy) is 2. The molecule has 4 heterocycles. The Hall–Kier alpha value is -1.62. The summed E-state index contributed by atoms with van der Waals surface area (Å²) in [6, 6.07) is 6.43. The van der Waals surface area contributed by atoms with Crippen molar-refractivity contribution in [3.8, 4) is 5.88 Å². The Bertz CT molecular complexity index is 530. The molecule has 124 valence electrons. The molecule has 3 aliphatic rings. The van der Waals surface area contributed by atoms with Crippen LogP contribution < -0.4 is 4.74 Å².